The van der Waals surface area contributed by atoms with Crippen LogP contribution in [0, 0.1) is 17.0 Å². The average molecular weight is 355 g/mol. The van der Waals surface area contributed by atoms with E-state index in [1.165, 1.54) is 19.2 Å². The Bertz CT molecular complexity index is 852. The number of halogens is 1. The first-order valence-corrected chi connectivity index (χ1v) is 8.49. The molecule has 0 aliphatic carbocycles. The van der Waals surface area contributed by atoms with Crippen molar-refractivity contribution in [2.45, 2.75) is 18.4 Å². The largest absolute Gasteiger partial charge is 0.270 e. The van der Waals surface area contributed by atoms with E-state index in [9.17, 15) is 18.5 Å². The van der Waals surface area contributed by atoms with Gasteiger partial charge in [-0.1, -0.05) is 29.8 Å². The van der Waals surface area contributed by atoms with Gasteiger partial charge in [0.2, 0.25) is 10.0 Å². The van der Waals surface area contributed by atoms with Gasteiger partial charge in [-0.25, -0.2) is 8.42 Å². The van der Waals surface area contributed by atoms with Crippen LogP contribution < -0.4 is 0 Å². The van der Waals surface area contributed by atoms with Gasteiger partial charge in [0.05, 0.1) is 9.82 Å². The Morgan fingerprint density at radius 2 is 1.91 bits per heavy atom. The quantitative estimate of drug-likeness (QED) is 0.609. The van der Waals surface area contributed by atoms with Crippen molar-refractivity contribution < 1.29 is 13.3 Å². The van der Waals surface area contributed by atoms with Gasteiger partial charge < -0.3 is 0 Å². The van der Waals surface area contributed by atoms with Crippen molar-refractivity contribution in [1.29, 1.82) is 0 Å². The molecule has 0 radical (unpaired) electrons. The maximum absolute atomic E-state index is 12.7. The van der Waals surface area contributed by atoms with Crippen LogP contribution in [0.5, 0.6) is 0 Å². The van der Waals surface area contributed by atoms with Gasteiger partial charge in [-0.3, -0.25) is 10.1 Å². The van der Waals surface area contributed by atoms with Gasteiger partial charge in [0.1, 0.15) is 0 Å². The number of nitro groups is 1. The molecule has 0 fully saturated rings. The molecule has 0 N–H and O–H groups in total. The van der Waals surface area contributed by atoms with E-state index in [2.05, 4.69) is 0 Å². The van der Waals surface area contributed by atoms with E-state index in [-0.39, 0.29) is 17.1 Å². The third-order valence-electron chi connectivity index (χ3n) is 3.37. The average Bonchev–Trinajstić information content (AvgIpc) is 2.47. The SMILES string of the molecule is Cc1ccc([N+](=O)[O-])cc1S(=O)(=O)N(C)Cc1cccc(Cl)c1. The first-order valence-electron chi connectivity index (χ1n) is 6.67. The van der Waals surface area contributed by atoms with Crippen LogP contribution in [0.25, 0.3) is 0 Å². The summed E-state index contributed by atoms with van der Waals surface area (Å²) >= 11 is 5.90. The molecule has 23 heavy (non-hydrogen) atoms. The second-order valence-electron chi connectivity index (χ2n) is 5.10. The van der Waals surface area contributed by atoms with Crippen LogP contribution in [-0.2, 0) is 16.6 Å². The fourth-order valence-corrected chi connectivity index (χ4v) is 3.74. The Balaban J connectivity index is 2.37. The molecule has 0 amide bonds. The Kier molecular flexibility index (Phi) is 5.03. The van der Waals surface area contributed by atoms with Gasteiger partial charge in [-0.15, -0.1) is 0 Å². The minimum Gasteiger partial charge on any atom is -0.258 e. The second-order valence-corrected chi connectivity index (χ2v) is 7.55. The molecule has 122 valence electrons. The van der Waals surface area contributed by atoms with Gasteiger partial charge in [0, 0.05) is 30.7 Å². The monoisotopic (exact) mass is 354 g/mol. The summed E-state index contributed by atoms with van der Waals surface area (Å²) in [5, 5.41) is 11.4. The summed E-state index contributed by atoms with van der Waals surface area (Å²) in [6.07, 6.45) is 0. The van der Waals surface area contributed by atoms with Crippen LogP contribution in [0.4, 0.5) is 5.69 Å². The number of hydrogen-bond donors (Lipinski definition) is 0. The van der Waals surface area contributed by atoms with Crippen molar-refractivity contribution in [3.05, 3.63) is 68.7 Å². The molecule has 0 saturated heterocycles. The Hall–Kier alpha value is -1.96. The van der Waals surface area contributed by atoms with Gasteiger partial charge in [0.15, 0.2) is 0 Å². The zero-order valence-electron chi connectivity index (χ0n) is 12.6. The molecule has 0 aromatic heterocycles. The topological polar surface area (TPSA) is 80.5 Å². The highest BCUT2D eigenvalue weighted by Gasteiger charge is 2.25. The number of nitrogens with zero attached hydrogens (tertiary/aromatic N) is 2. The number of non-ortho nitro benzene ring substituents is 1. The first-order chi connectivity index (χ1) is 10.7. The predicted octanol–water partition coefficient (Wildman–Crippen LogP) is 3.38. The minimum atomic E-state index is -3.85. The number of nitro benzene ring substituents is 1. The van der Waals surface area contributed by atoms with Crippen molar-refractivity contribution in [3.63, 3.8) is 0 Å². The summed E-state index contributed by atoms with van der Waals surface area (Å²) in [7, 11) is -2.43. The fourth-order valence-electron chi connectivity index (χ4n) is 2.13. The molecule has 8 heteroatoms. The Morgan fingerprint density at radius 1 is 1.22 bits per heavy atom. The lowest BCUT2D eigenvalue weighted by Crippen LogP contribution is -2.27. The van der Waals surface area contributed by atoms with Gasteiger partial charge in [0.25, 0.3) is 5.69 Å². The molecule has 0 spiro atoms. The molecule has 0 unspecified atom stereocenters. The zero-order valence-corrected chi connectivity index (χ0v) is 14.1. The lowest BCUT2D eigenvalue weighted by atomic mass is 10.2. The molecule has 2 rings (SSSR count). The number of aryl methyl sites for hydroxylation is 1. The van der Waals surface area contributed by atoms with E-state index in [0.717, 1.165) is 15.9 Å². The summed E-state index contributed by atoms with van der Waals surface area (Å²) in [6.45, 7) is 1.72. The van der Waals surface area contributed by atoms with Crippen LogP contribution in [0.3, 0.4) is 0 Å². The summed E-state index contributed by atoms with van der Waals surface area (Å²) < 4.78 is 26.5. The van der Waals surface area contributed by atoms with Gasteiger partial charge in [-0.2, -0.15) is 4.31 Å². The van der Waals surface area contributed by atoms with E-state index >= 15 is 0 Å². The van der Waals surface area contributed by atoms with E-state index in [1.54, 1.807) is 31.2 Å². The zero-order chi connectivity index (χ0) is 17.2. The molecule has 6 nitrogen and oxygen atoms in total. The first kappa shape index (κ1) is 17.4. The van der Waals surface area contributed by atoms with Crippen molar-refractivity contribution in [1.82, 2.24) is 4.31 Å². The van der Waals surface area contributed by atoms with E-state index < -0.39 is 14.9 Å². The van der Waals surface area contributed by atoms with E-state index in [4.69, 9.17) is 11.6 Å². The molecule has 0 bridgehead atoms. The standard InChI is InChI=1S/C15H15ClN2O4S/c1-11-6-7-14(18(19)20)9-15(11)23(21,22)17(2)10-12-4-3-5-13(16)8-12/h3-9H,10H2,1-2H3. The Labute approximate surface area is 139 Å². The minimum absolute atomic E-state index is 0.0729. The summed E-state index contributed by atoms with van der Waals surface area (Å²) in [5.41, 5.74) is 0.922. The molecule has 2 aromatic carbocycles. The van der Waals surface area contributed by atoms with Crippen molar-refractivity contribution in [3.8, 4) is 0 Å². The normalized spacial score (nSPS) is 11.7. The van der Waals surface area contributed by atoms with E-state index in [0.29, 0.717) is 10.6 Å². The summed E-state index contributed by atoms with van der Waals surface area (Å²) in [6, 6.07) is 10.7. The van der Waals surface area contributed by atoms with Crippen LogP contribution in [0.15, 0.2) is 47.4 Å². The maximum Gasteiger partial charge on any atom is 0.270 e. The highest BCUT2D eigenvalue weighted by Crippen LogP contribution is 2.25. The fraction of sp³-hybridized carbons (Fsp3) is 0.200. The molecule has 0 atom stereocenters. The third kappa shape index (κ3) is 3.87. The highest BCUT2D eigenvalue weighted by molar-refractivity contribution is 7.89. The predicted molar refractivity (Wildman–Crippen MR) is 87.9 cm³/mol. The number of benzene rings is 2. The van der Waals surface area contributed by atoms with Gasteiger partial charge in [-0.05, 0) is 30.2 Å². The molecular formula is C15H15ClN2O4S. The lowest BCUT2D eigenvalue weighted by molar-refractivity contribution is -0.385. The maximum atomic E-state index is 12.7. The van der Waals surface area contributed by atoms with Crippen LogP contribution >= 0.6 is 11.6 Å². The number of sulfonamides is 1. The molecule has 0 heterocycles. The molecular weight excluding hydrogens is 340 g/mol. The van der Waals surface area contributed by atoms with Crippen molar-refractivity contribution in [2.24, 2.45) is 0 Å². The smallest absolute Gasteiger partial charge is 0.258 e. The van der Waals surface area contributed by atoms with Crippen LogP contribution in [0.2, 0.25) is 5.02 Å². The summed E-state index contributed by atoms with van der Waals surface area (Å²) in [5.74, 6) is 0. The lowest BCUT2D eigenvalue weighted by Gasteiger charge is -2.18. The van der Waals surface area contributed by atoms with Crippen LogP contribution in [0.1, 0.15) is 11.1 Å². The third-order valence-corrected chi connectivity index (χ3v) is 5.55. The molecule has 2 aromatic rings. The van der Waals surface area contributed by atoms with Crippen LogP contribution in [-0.4, -0.2) is 24.7 Å². The molecule has 0 aliphatic rings. The van der Waals surface area contributed by atoms with E-state index in [1.807, 2.05) is 0 Å². The second kappa shape index (κ2) is 6.66. The molecule has 0 saturated carbocycles. The molecule has 0 aliphatic heterocycles. The Morgan fingerprint density at radius 3 is 2.52 bits per heavy atom. The van der Waals surface area contributed by atoms with Crippen molar-refractivity contribution in [2.75, 3.05) is 7.05 Å². The number of rotatable bonds is 5. The number of hydrogen-bond acceptors (Lipinski definition) is 4. The highest BCUT2D eigenvalue weighted by atomic mass is 35.5. The van der Waals surface area contributed by atoms with Gasteiger partial charge >= 0.3 is 0 Å². The van der Waals surface area contributed by atoms with Crippen molar-refractivity contribution >= 4 is 27.3 Å². The summed E-state index contributed by atoms with van der Waals surface area (Å²) in [4.78, 5) is 10.2.